The summed E-state index contributed by atoms with van der Waals surface area (Å²) in [7, 11) is 0. The summed E-state index contributed by atoms with van der Waals surface area (Å²) >= 11 is 0. The molecule has 3 N–H and O–H groups in total. The van der Waals surface area contributed by atoms with Crippen LogP contribution in [0.5, 0.6) is 0 Å². The Bertz CT molecular complexity index is 579. The second-order valence-corrected chi connectivity index (χ2v) is 4.81. The second kappa shape index (κ2) is 5.32. The lowest BCUT2D eigenvalue weighted by Gasteiger charge is -2.24. The number of hydrogen-bond donors (Lipinski definition) is 3. The predicted molar refractivity (Wildman–Crippen MR) is 74.3 cm³/mol. The van der Waals surface area contributed by atoms with Crippen LogP contribution in [0.4, 0.5) is 5.69 Å². The van der Waals surface area contributed by atoms with Crippen molar-refractivity contribution in [3.05, 3.63) is 40.7 Å². The van der Waals surface area contributed by atoms with Crippen LogP contribution < -0.4 is 10.9 Å². The van der Waals surface area contributed by atoms with Crippen LogP contribution in [-0.2, 0) is 4.74 Å². The van der Waals surface area contributed by atoms with Crippen LogP contribution in [0, 0.1) is 0 Å². The molecule has 1 saturated heterocycles. The van der Waals surface area contributed by atoms with Gasteiger partial charge in [0.2, 0.25) is 0 Å². The van der Waals surface area contributed by atoms with E-state index >= 15 is 0 Å². The Morgan fingerprint density at radius 3 is 2.68 bits per heavy atom. The molecule has 0 spiro atoms. The summed E-state index contributed by atoms with van der Waals surface area (Å²) in [6.45, 7) is 1.64. The normalized spacial score (nSPS) is 19.3. The first-order chi connectivity index (χ1) is 9.31. The number of anilines is 1. The van der Waals surface area contributed by atoms with E-state index in [2.05, 4.69) is 15.5 Å². The smallest absolute Gasteiger partial charge is 0.264 e. The standard InChI is InChI=1S/C14H17N3O2/c18-14-8-13(16-17-14)10-3-5-11(6-4-10)15-12-2-1-7-19-9-12/h3-6,8,12,15H,1-2,7,9H2,(H2,16,17,18). The van der Waals surface area contributed by atoms with Crippen molar-refractivity contribution >= 4 is 5.69 Å². The van der Waals surface area contributed by atoms with Crippen molar-refractivity contribution in [1.82, 2.24) is 10.2 Å². The molecule has 100 valence electrons. The van der Waals surface area contributed by atoms with Crippen LogP contribution >= 0.6 is 0 Å². The maximum absolute atomic E-state index is 11.1. The fourth-order valence-corrected chi connectivity index (χ4v) is 2.32. The summed E-state index contributed by atoms with van der Waals surface area (Å²) in [6.07, 6.45) is 2.26. The molecule has 5 nitrogen and oxygen atoms in total. The Morgan fingerprint density at radius 2 is 2.05 bits per heavy atom. The van der Waals surface area contributed by atoms with Crippen LogP contribution in [-0.4, -0.2) is 29.5 Å². The first kappa shape index (κ1) is 12.0. The molecule has 0 aliphatic carbocycles. The van der Waals surface area contributed by atoms with Crippen molar-refractivity contribution in [2.24, 2.45) is 0 Å². The van der Waals surface area contributed by atoms with Crippen molar-refractivity contribution in [3.8, 4) is 11.3 Å². The van der Waals surface area contributed by atoms with Crippen molar-refractivity contribution in [2.75, 3.05) is 18.5 Å². The fraction of sp³-hybridized carbons (Fsp3) is 0.357. The molecule has 0 bridgehead atoms. The quantitative estimate of drug-likeness (QED) is 0.789. The average Bonchev–Trinajstić information content (AvgIpc) is 2.87. The Morgan fingerprint density at radius 1 is 1.21 bits per heavy atom. The molecule has 2 heterocycles. The van der Waals surface area contributed by atoms with E-state index in [1.807, 2.05) is 24.3 Å². The van der Waals surface area contributed by atoms with E-state index in [-0.39, 0.29) is 5.56 Å². The highest BCUT2D eigenvalue weighted by molar-refractivity contribution is 5.62. The maximum Gasteiger partial charge on any atom is 0.264 e. The van der Waals surface area contributed by atoms with Gasteiger partial charge < -0.3 is 10.1 Å². The molecule has 5 heteroatoms. The zero-order chi connectivity index (χ0) is 13.1. The van der Waals surface area contributed by atoms with Crippen molar-refractivity contribution in [3.63, 3.8) is 0 Å². The number of ether oxygens (including phenoxy) is 1. The molecule has 1 unspecified atom stereocenters. The largest absolute Gasteiger partial charge is 0.380 e. The number of hydrogen-bond acceptors (Lipinski definition) is 3. The van der Waals surface area contributed by atoms with Crippen molar-refractivity contribution in [1.29, 1.82) is 0 Å². The van der Waals surface area contributed by atoms with E-state index in [4.69, 9.17) is 4.74 Å². The molecule has 1 aliphatic rings. The molecular weight excluding hydrogens is 242 g/mol. The predicted octanol–water partition coefficient (Wildman–Crippen LogP) is 1.96. The summed E-state index contributed by atoms with van der Waals surface area (Å²) in [5, 5.41) is 8.84. The van der Waals surface area contributed by atoms with Crippen LogP contribution in [0.1, 0.15) is 12.8 Å². The highest BCUT2D eigenvalue weighted by Gasteiger charge is 2.13. The topological polar surface area (TPSA) is 69.9 Å². The minimum atomic E-state index is -0.114. The molecule has 2 aromatic rings. The number of nitrogens with one attached hydrogen (secondary N) is 3. The molecule has 1 aliphatic heterocycles. The maximum atomic E-state index is 11.1. The van der Waals surface area contributed by atoms with Gasteiger partial charge in [0, 0.05) is 24.4 Å². The highest BCUT2D eigenvalue weighted by Crippen LogP contribution is 2.20. The number of aromatic amines is 2. The number of benzene rings is 1. The molecule has 1 aromatic heterocycles. The number of aromatic nitrogens is 2. The zero-order valence-corrected chi connectivity index (χ0v) is 10.6. The molecule has 0 saturated carbocycles. The summed E-state index contributed by atoms with van der Waals surface area (Å²) < 4.78 is 5.44. The Labute approximate surface area is 111 Å². The Kier molecular flexibility index (Phi) is 3.37. The minimum Gasteiger partial charge on any atom is -0.380 e. The van der Waals surface area contributed by atoms with E-state index in [1.165, 1.54) is 0 Å². The van der Waals surface area contributed by atoms with Gasteiger partial charge in [-0.3, -0.25) is 15.0 Å². The molecule has 1 fully saturated rings. The van der Waals surface area contributed by atoms with E-state index in [0.29, 0.717) is 6.04 Å². The van der Waals surface area contributed by atoms with Gasteiger partial charge in [0.1, 0.15) is 0 Å². The third-order valence-electron chi connectivity index (χ3n) is 3.32. The monoisotopic (exact) mass is 259 g/mol. The van der Waals surface area contributed by atoms with Crippen molar-refractivity contribution < 1.29 is 4.74 Å². The zero-order valence-electron chi connectivity index (χ0n) is 10.6. The van der Waals surface area contributed by atoms with Gasteiger partial charge >= 0.3 is 0 Å². The third-order valence-corrected chi connectivity index (χ3v) is 3.32. The molecular formula is C14H17N3O2. The lowest BCUT2D eigenvalue weighted by atomic mass is 10.1. The van der Waals surface area contributed by atoms with Gasteiger partial charge in [0.25, 0.3) is 5.56 Å². The molecule has 19 heavy (non-hydrogen) atoms. The van der Waals surface area contributed by atoms with E-state index in [1.54, 1.807) is 6.07 Å². The van der Waals surface area contributed by atoms with Crippen LogP contribution in [0.25, 0.3) is 11.3 Å². The molecule has 3 rings (SSSR count). The van der Waals surface area contributed by atoms with Gasteiger partial charge in [-0.2, -0.15) is 0 Å². The lowest BCUT2D eigenvalue weighted by molar-refractivity contribution is 0.0876. The summed E-state index contributed by atoms with van der Waals surface area (Å²) in [6, 6.07) is 9.98. The Balaban J connectivity index is 1.70. The second-order valence-electron chi connectivity index (χ2n) is 4.81. The first-order valence-corrected chi connectivity index (χ1v) is 6.54. The summed E-state index contributed by atoms with van der Waals surface area (Å²) in [5.74, 6) is 0. The molecule has 0 amide bonds. The van der Waals surface area contributed by atoms with Gasteiger partial charge in [-0.25, -0.2) is 0 Å². The van der Waals surface area contributed by atoms with Gasteiger partial charge in [-0.05, 0) is 30.5 Å². The van der Waals surface area contributed by atoms with E-state index < -0.39 is 0 Å². The average molecular weight is 259 g/mol. The van der Waals surface area contributed by atoms with Gasteiger partial charge in [-0.1, -0.05) is 12.1 Å². The SMILES string of the molecule is O=c1cc(-c2ccc(NC3CCCOC3)cc2)[nH][nH]1. The minimum absolute atomic E-state index is 0.114. The van der Waals surface area contributed by atoms with E-state index in [9.17, 15) is 4.79 Å². The van der Waals surface area contributed by atoms with Gasteiger partial charge in [0.15, 0.2) is 0 Å². The molecule has 0 radical (unpaired) electrons. The third kappa shape index (κ3) is 2.88. The van der Waals surface area contributed by atoms with Gasteiger partial charge in [-0.15, -0.1) is 0 Å². The first-order valence-electron chi connectivity index (χ1n) is 6.54. The van der Waals surface area contributed by atoms with Crippen LogP contribution in [0.3, 0.4) is 0 Å². The van der Waals surface area contributed by atoms with Crippen LogP contribution in [0.2, 0.25) is 0 Å². The highest BCUT2D eigenvalue weighted by atomic mass is 16.5. The summed E-state index contributed by atoms with van der Waals surface area (Å²) in [5.41, 5.74) is 2.76. The van der Waals surface area contributed by atoms with Crippen molar-refractivity contribution in [2.45, 2.75) is 18.9 Å². The number of H-pyrrole nitrogens is 2. The van der Waals surface area contributed by atoms with E-state index in [0.717, 1.165) is 43.0 Å². The number of rotatable bonds is 3. The van der Waals surface area contributed by atoms with Gasteiger partial charge in [0.05, 0.1) is 12.3 Å². The summed E-state index contributed by atoms with van der Waals surface area (Å²) in [4.78, 5) is 11.1. The lowest BCUT2D eigenvalue weighted by Crippen LogP contribution is -2.29. The fourth-order valence-electron chi connectivity index (χ4n) is 2.32. The molecule has 1 aromatic carbocycles. The van der Waals surface area contributed by atoms with Crippen LogP contribution in [0.15, 0.2) is 35.1 Å². The Hall–Kier alpha value is -2.01. The molecule has 1 atom stereocenters.